The van der Waals surface area contributed by atoms with Crippen molar-refractivity contribution in [3.05, 3.63) is 52.4 Å². The zero-order valence-corrected chi connectivity index (χ0v) is 17.1. The highest BCUT2D eigenvalue weighted by Gasteiger charge is 2.29. The lowest BCUT2D eigenvalue weighted by molar-refractivity contribution is -0.137. The van der Waals surface area contributed by atoms with Gasteiger partial charge in [0.1, 0.15) is 5.76 Å². The SMILES string of the molecule is CN=C(NCCc1c(C)noc1C)NCc1ccc(C(F)(F)F)cc1.I. The molecule has 0 spiro atoms. The molecule has 0 saturated heterocycles. The van der Waals surface area contributed by atoms with E-state index in [-0.39, 0.29) is 24.0 Å². The molecule has 1 heterocycles. The molecule has 1 aromatic carbocycles. The summed E-state index contributed by atoms with van der Waals surface area (Å²) in [5, 5.41) is 10.1. The van der Waals surface area contributed by atoms with Gasteiger partial charge in [-0.1, -0.05) is 17.3 Å². The first-order valence-corrected chi connectivity index (χ1v) is 7.83. The molecule has 0 unspecified atom stereocenters. The summed E-state index contributed by atoms with van der Waals surface area (Å²) < 4.78 is 42.7. The molecule has 5 nitrogen and oxygen atoms in total. The molecule has 0 aliphatic heterocycles. The summed E-state index contributed by atoms with van der Waals surface area (Å²) in [6.45, 7) is 4.77. The average molecular weight is 482 g/mol. The lowest BCUT2D eigenvalue weighted by Crippen LogP contribution is -2.37. The molecular formula is C17H22F3IN4O. The van der Waals surface area contributed by atoms with Crippen molar-refractivity contribution in [2.75, 3.05) is 13.6 Å². The van der Waals surface area contributed by atoms with Crippen LogP contribution in [0.2, 0.25) is 0 Å². The second-order valence-electron chi connectivity index (χ2n) is 5.60. The molecule has 26 heavy (non-hydrogen) atoms. The first kappa shape index (κ1) is 22.3. The zero-order chi connectivity index (χ0) is 18.4. The van der Waals surface area contributed by atoms with Crippen molar-refractivity contribution in [3.8, 4) is 0 Å². The van der Waals surface area contributed by atoms with Gasteiger partial charge in [0.2, 0.25) is 0 Å². The minimum absolute atomic E-state index is 0. The maximum Gasteiger partial charge on any atom is 0.416 e. The van der Waals surface area contributed by atoms with Gasteiger partial charge in [-0.25, -0.2) is 0 Å². The van der Waals surface area contributed by atoms with Gasteiger partial charge in [-0.2, -0.15) is 13.2 Å². The van der Waals surface area contributed by atoms with Crippen LogP contribution in [0.1, 0.15) is 28.1 Å². The molecule has 2 aromatic rings. The molecule has 0 aliphatic carbocycles. The van der Waals surface area contributed by atoms with Crippen molar-refractivity contribution in [2.24, 2.45) is 4.99 Å². The Balaban J connectivity index is 0.00000338. The molecule has 0 atom stereocenters. The third-order valence-corrected chi connectivity index (χ3v) is 3.81. The summed E-state index contributed by atoms with van der Waals surface area (Å²) >= 11 is 0. The van der Waals surface area contributed by atoms with Gasteiger partial charge < -0.3 is 15.2 Å². The maximum atomic E-state index is 12.5. The van der Waals surface area contributed by atoms with Gasteiger partial charge in [0.25, 0.3) is 0 Å². The minimum atomic E-state index is -4.32. The van der Waals surface area contributed by atoms with E-state index in [1.807, 2.05) is 13.8 Å². The predicted octanol–water partition coefficient (Wildman–Crippen LogP) is 3.84. The second-order valence-corrected chi connectivity index (χ2v) is 5.60. The van der Waals surface area contributed by atoms with Crippen LogP contribution >= 0.6 is 24.0 Å². The number of nitrogens with zero attached hydrogens (tertiary/aromatic N) is 2. The topological polar surface area (TPSA) is 62.5 Å². The van der Waals surface area contributed by atoms with Gasteiger partial charge in [0, 0.05) is 25.7 Å². The van der Waals surface area contributed by atoms with E-state index >= 15 is 0 Å². The van der Waals surface area contributed by atoms with Crippen molar-refractivity contribution in [3.63, 3.8) is 0 Å². The Hall–Kier alpha value is -1.78. The maximum absolute atomic E-state index is 12.5. The van der Waals surface area contributed by atoms with Crippen molar-refractivity contribution < 1.29 is 17.7 Å². The Bertz CT molecular complexity index is 707. The van der Waals surface area contributed by atoms with E-state index in [9.17, 15) is 13.2 Å². The van der Waals surface area contributed by atoms with Crippen LogP contribution in [0.4, 0.5) is 13.2 Å². The monoisotopic (exact) mass is 482 g/mol. The molecule has 0 bridgehead atoms. The standard InChI is InChI=1S/C17H21F3N4O.HI/c1-11-15(12(2)25-24-11)8-9-22-16(21-3)23-10-13-4-6-14(7-5-13)17(18,19)20;/h4-7H,8-10H2,1-3H3,(H2,21,22,23);1H. The fourth-order valence-corrected chi connectivity index (χ4v) is 2.38. The van der Waals surface area contributed by atoms with E-state index in [2.05, 4.69) is 20.8 Å². The molecule has 0 aliphatic rings. The number of nitrogens with one attached hydrogen (secondary N) is 2. The highest BCUT2D eigenvalue weighted by atomic mass is 127. The molecule has 0 fully saturated rings. The van der Waals surface area contributed by atoms with E-state index in [1.165, 1.54) is 12.1 Å². The fraction of sp³-hybridized carbons (Fsp3) is 0.412. The minimum Gasteiger partial charge on any atom is -0.361 e. The quantitative estimate of drug-likeness (QED) is 0.387. The van der Waals surface area contributed by atoms with E-state index in [0.29, 0.717) is 19.0 Å². The number of hydrogen-bond acceptors (Lipinski definition) is 3. The van der Waals surface area contributed by atoms with Gasteiger partial charge in [0.05, 0.1) is 11.3 Å². The number of guanidine groups is 1. The van der Waals surface area contributed by atoms with Crippen molar-refractivity contribution in [1.29, 1.82) is 0 Å². The molecule has 0 saturated carbocycles. The molecular weight excluding hydrogens is 460 g/mol. The van der Waals surface area contributed by atoms with Crippen molar-refractivity contribution >= 4 is 29.9 Å². The van der Waals surface area contributed by atoms with Crippen LogP contribution in [0.3, 0.4) is 0 Å². The molecule has 2 N–H and O–H groups in total. The van der Waals surface area contributed by atoms with E-state index < -0.39 is 11.7 Å². The number of benzene rings is 1. The molecule has 0 amide bonds. The van der Waals surface area contributed by atoms with Crippen LogP contribution in [0.15, 0.2) is 33.8 Å². The summed E-state index contributed by atoms with van der Waals surface area (Å²) in [5.74, 6) is 1.37. The van der Waals surface area contributed by atoms with Gasteiger partial charge in [-0.3, -0.25) is 4.99 Å². The molecule has 2 rings (SSSR count). The van der Waals surface area contributed by atoms with Crippen LogP contribution in [0, 0.1) is 13.8 Å². The molecule has 144 valence electrons. The van der Waals surface area contributed by atoms with E-state index in [4.69, 9.17) is 4.52 Å². The third kappa shape index (κ3) is 6.19. The number of alkyl halides is 3. The summed E-state index contributed by atoms with van der Waals surface area (Å²) in [6, 6.07) is 5.05. The molecule has 0 radical (unpaired) electrons. The summed E-state index contributed by atoms with van der Waals surface area (Å²) in [7, 11) is 1.64. The Morgan fingerprint density at radius 1 is 1.15 bits per heavy atom. The predicted molar refractivity (Wildman–Crippen MR) is 105 cm³/mol. The van der Waals surface area contributed by atoms with Crippen molar-refractivity contribution in [2.45, 2.75) is 33.0 Å². The zero-order valence-electron chi connectivity index (χ0n) is 14.8. The molecule has 1 aromatic heterocycles. The first-order valence-electron chi connectivity index (χ1n) is 7.83. The summed E-state index contributed by atoms with van der Waals surface area (Å²) in [4.78, 5) is 4.10. The number of aryl methyl sites for hydroxylation is 2. The Morgan fingerprint density at radius 3 is 2.31 bits per heavy atom. The lowest BCUT2D eigenvalue weighted by atomic mass is 10.1. The largest absolute Gasteiger partial charge is 0.416 e. The van der Waals surface area contributed by atoms with Gasteiger partial charge in [0.15, 0.2) is 5.96 Å². The second kappa shape index (κ2) is 9.79. The van der Waals surface area contributed by atoms with Gasteiger partial charge in [-0.05, 0) is 38.0 Å². The lowest BCUT2D eigenvalue weighted by Gasteiger charge is -2.12. The molecule has 9 heteroatoms. The highest BCUT2D eigenvalue weighted by molar-refractivity contribution is 14.0. The highest BCUT2D eigenvalue weighted by Crippen LogP contribution is 2.29. The Kier molecular flexibility index (Phi) is 8.38. The van der Waals surface area contributed by atoms with Crippen LogP contribution in [0.5, 0.6) is 0 Å². The van der Waals surface area contributed by atoms with Gasteiger partial charge in [-0.15, -0.1) is 24.0 Å². The van der Waals surface area contributed by atoms with Crippen LogP contribution in [0.25, 0.3) is 0 Å². The fourth-order valence-electron chi connectivity index (χ4n) is 2.38. The average Bonchev–Trinajstić information content (AvgIpc) is 2.89. The van der Waals surface area contributed by atoms with E-state index in [1.54, 1.807) is 7.05 Å². The number of hydrogen-bond donors (Lipinski definition) is 2. The smallest absolute Gasteiger partial charge is 0.361 e. The van der Waals surface area contributed by atoms with Crippen LogP contribution < -0.4 is 10.6 Å². The van der Waals surface area contributed by atoms with Crippen LogP contribution in [-0.2, 0) is 19.1 Å². The third-order valence-electron chi connectivity index (χ3n) is 3.81. The normalized spacial score (nSPS) is 11.8. The van der Waals surface area contributed by atoms with Crippen molar-refractivity contribution in [1.82, 2.24) is 15.8 Å². The number of rotatable bonds is 5. The van der Waals surface area contributed by atoms with E-state index in [0.717, 1.165) is 41.1 Å². The Labute approximate surface area is 167 Å². The number of aromatic nitrogens is 1. The van der Waals surface area contributed by atoms with Gasteiger partial charge >= 0.3 is 6.18 Å². The summed E-state index contributed by atoms with van der Waals surface area (Å²) in [5.41, 5.74) is 2.01. The summed E-state index contributed by atoms with van der Waals surface area (Å²) in [6.07, 6.45) is -3.58. The van der Waals surface area contributed by atoms with Crippen LogP contribution in [-0.4, -0.2) is 24.7 Å². The number of halogens is 4. The number of aliphatic imine (C=N–C) groups is 1. The first-order chi connectivity index (χ1) is 11.8. The Morgan fingerprint density at radius 2 is 1.81 bits per heavy atom.